The Hall–Kier alpha value is -3.25. The summed E-state index contributed by atoms with van der Waals surface area (Å²) in [5.74, 6) is 1.23. The zero-order chi connectivity index (χ0) is 19.7. The molecular weight excluding hydrogens is 376 g/mol. The van der Waals surface area contributed by atoms with Crippen molar-refractivity contribution in [3.05, 3.63) is 75.4 Å². The lowest BCUT2D eigenvalue weighted by Crippen LogP contribution is -2.20. The molecule has 2 aromatic carbocycles. The number of aryl methyl sites for hydroxylation is 1. The molecule has 0 saturated carbocycles. The normalized spacial score (nSPS) is 11.5. The van der Waals surface area contributed by atoms with E-state index in [2.05, 4.69) is 15.1 Å². The van der Waals surface area contributed by atoms with Crippen LogP contribution in [0, 0.1) is 6.92 Å². The second-order valence-corrected chi connectivity index (χ2v) is 6.55. The van der Waals surface area contributed by atoms with Crippen molar-refractivity contribution in [3.63, 3.8) is 0 Å². The second-order valence-electron chi connectivity index (χ2n) is 6.19. The fourth-order valence-corrected chi connectivity index (χ4v) is 3.17. The third-order valence-electron chi connectivity index (χ3n) is 4.31. The molecule has 0 fully saturated rings. The van der Waals surface area contributed by atoms with Gasteiger partial charge in [0, 0.05) is 17.0 Å². The zero-order valence-electron chi connectivity index (χ0n) is 15.4. The van der Waals surface area contributed by atoms with Gasteiger partial charge in [-0.3, -0.25) is 4.79 Å². The molecule has 0 aliphatic carbocycles. The van der Waals surface area contributed by atoms with Crippen LogP contribution in [0.3, 0.4) is 0 Å². The minimum atomic E-state index is -0.231. The maximum Gasteiger partial charge on any atom is 0.282 e. The molecule has 0 saturated heterocycles. The van der Waals surface area contributed by atoms with Crippen LogP contribution in [0.25, 0.3) is 21.8 Å². The van der Waals surface area contributed by atoms with Gasteiger partial charge in [0.2, 0.25) is 0 Å². The van der Waals surface area contributed by atoms with Crippen molar-refractivity contribution in [2.24, 2.45) is 5.10 Å². The van der Waals surface area contributed by atoms with Gasteiger partial charge in [0.15, 0.2) is 0 Å². The highest BCUT2D eigenvalue weighted by molar-refractivity contribution is 6.32. The van der Waals surface area contributed by atoms with Gasteiger partial charge in [-0.15, -0.1) is 0 Å². The van der Waals surface area contributed by atoms with Crippen LogP contribution < -0.4 is 10.3 Å². The molecule has 0 amide bonds. The van der Waals surface area contributed by atoms with Crippen LogP contribution in [0.15, 0.2) is 58.4 Å². The van der Waals surface area contributed by atoms with Crippen LogP contribution in [0.4, 0.5) is 0 Å². The van der Waals surface area contributed by atoms with Gasteiger partial charge in [0.1, 0.15) is 16.7 Å². The number of hydrogen-bond donors (Lipinski definition) is 0. The molecule has 0 N–H and O–H groups in total. The third kappa shape index (κ3) is 3.34. The van der Waals surface area contributed by atoms with Crippen LogP contribution in [0.5, 0.6) is 5.75 Å². The summed E-state index contributed by atoms with van der Waals surface area (Å²) in [4.78, 5) is 21.6. The van der Waals surface area contributed by atoms with Crippen LogP contribution >= 0.6 is 11.6 Å². The van der Waals surface area contributed by atoms with Crippen LogP contribution in [0.1, 0.15) is 18.3 Å². The molecule has 7 heteroatoms. The molecule has 0 aliphatic rings. The lowest BCUT2D eigenvalue weighted by molar-refractivity contribution is 0.340. The van der Waals surface area contributed by atoms with Gasteiger partial charge in [-0.1, -0.05) is 23.7 Å². The van der Waals surface area contributed by atoms with E-state index in [1.165, 1.54) is 10.9 Å². The lowest BCUT2D eigenvalue weighted by Gasteiger charge is -2.07. The summed E-state index contributed by atoms with van der Waals surface area (Å²) in [6.45, 7) is 4.24. The highest BCUT2D eigenvalue weighted by Crippen LogP contribution is 2.23. The Balaban J connectivity index is 1.76. The number of aromatic nitrogens is 3. The number of pyridine rings is 1. The number of nitrogens with zero attached hydrogens (tertiary/aromatic N) is 4. The molecule has 0 radical (unpaired) electrons. The molecule has 0 aliphatic heterocycles. The third-order valence-corrected chi connectivity index (χ3v) is 4.61. The van der Waals surface area contributed by atoms with Crippen molar-refractivity contribution < 1.29 is 4.74 Å². The Morgan fingerprint density at radius 1 is 1.14 bits per heavy atom. The minimum absolute atomic E-state index is 0.231. The number of fused-ring (bicyclic) bond motifs is 2. The average molecular weight is 393 g/mol. The molecule has 140 valence electrons. The number of para-hydroxylation sites is 1. The van der Waals surface area contributed by atoms with E-state index < -0.39 is 0 Å². The van der Waals surface area contributed by atoms with Gasteiger partial charge in [-0.25, -0.2) is 9.97 Å². The fraction of sp³-hybridized carbons (Fsp3) is 0.143. The van der Waals surface area contributed by atoms with Crippen molar-refractivity contribution in [2.45, 2.75) is 13.8 Å². The van der Waals surface area contributed by atoms with Crippen LogP contribution in [-0.4, -0.2) is 27.5 Å². The molecule has 4 rings (SSSR count). The Kier molecular flexibility index (Phi) is 4.79. The van der Waals surface area contributed by atoms with Crippen molar-refractivity contribution in [3.8, 4) is 5.75 Å². The van der Waals surface area contributed by atoms with Crippen molar-refractivity contribution in [1.29, 1.82) is 0 Å². The summed E-state index contributed by atoms with van der Waals surface area (Å²) in [5, 5.41) is 6.01. The van der Waals surface area contributed by atoms with E-state index in [0.717, 1.165) is 16.7 Å². The largest absolute Gasteiger partial charge is 0.494 e. The maximum absolute atomic E-state index is 12.7. The predicted octanol–water partition coefficient (Wildman–Crippen LogP) is 4.19. The first kappa shape index (κ1) is 18.1. The van der Waals surface area contributed by atoms with E-state index in [0.29, 0.717) is 34.1 Å². The van der Waals surface area contributed by atoms with E-state index >= 15 is 0 Å². The Morgan fingerprint density at radius 3 is 2.79 bits per heavy atom. The van der Waals surface area contributed by atoms with Crippen LogP contribution in [0.2, 0.25) is 5.15 Å². The standard InChI is InChI=1S/C21H17ClN4O2/c1-3-28-16-9-8-14-10-15(20(22)25-19(14)11-16)12-23-26-13(2)24-18-7-5-4-6-17(18)21(26)27/h4-12H,3H2,1-2H3/b23-12-. The van der Waals surface area contributed by atoms with Crippen molar-refractivity contribution in [2.75, 3.05) is 6.61 Å². The highest BCUT2D eigenvalue weighted by atomic mass is 35.5. The SMILES string of the molecule is CCOc1ccc2cc(/C=N\n3c(C)nc4ccccc4c3=O)c(Cl)nc2c1. The second kappa shape index (κ2) is 7.40. The molecule has 6 nitrogen and oxygen atoms in total. The van der Waals surface area contributed by atoms with Gasteiger partial charge in [-0.2, -0.15) is 9.78 Å². The molecule has 0 bridgehead atoms. The highest BCUT2D eigenvalue weighted by Gasteiger charge is 2.08. The minimum Gasteiger partial charge on any atom is -0.494 e. The Bertz CT molecular complexity index is 1280. The summed E-state index contributed by atoms with van der Waals surface area (Å²) in [7, 11) is 0. The molecule has 2 heterocycles. The van der Waals surface area contributed by atoms with Gasteiger partial charge < -0.3 is 4.74 Å². The topological polar surface area (TPSA) is 69.4 Å². The van der Waals surface area contributed by atoms with Gasteiger partial charge in [-0.05, 0) is 44.2 Å². The van der Waals surface area contributed by atoms with E-state index in [1.807, 2.05) is 37.3 Å². The zero-order valence-corrected chi connectivity index (χ0v) is 16.1. The summed E-state index contributed by atoms with van der Waals surface area (Å²) in [5.41, 5.74) is 1.75. The number of halogens is 1. The first-order chi connectivity index (χ1) is 13.6. The molecular formula is C21H17ClN4O2. The smallest absolute Gasteiger partial charge is 0.282 e. The molecule has 0 spiro atoms. The summed E-state index contributed by atoms with van der Waals surface area (Å²) in [6, 6.07) is 14.7. The summed E-state index contributed by atoms with van der Waals surface area (Å²) in [6.07, 6.45) is 1.52. The first-order valence-corrected chi connectivity index (χ1v) is 9.20. The predicted molar refractivity (Wildman–Crippen MR) is 112 cm³/mol. The maximum atomic E-state index is 12.7. The lowest BCUT2D eigenvalue weighted by atomic mass is 10.1. The molecule has 4 aromatic rings. The molecule has 0 atom stereocenters. The number of ether oxygens (including phenoxy) is 1. The van der Waals surface area contributed by atoms with E-state index in [-0.39, 0.29) is 5.56 Å². The van der Waals surface area contributed by atoms with E-state index in [4.69, 9.17) is 16.3 Å². The van der Waals surface area contributed by atoms with Gasteiger partial charge >= 0.3 is 0 Å². The summed E-state index contributed by atoms with van der Waals surface area (Å²) >= 11 is 6.33. The first-order valence-electron chi connectivity index (χ1n) is 8.82. The Labute approximate surface area is 166 Å². The summed E-state index contributed by atoms with van der Waals surface area (Å²) < 4.78 is 6.76. The molecule has 2 aromatic heterocycles. The van der Waals surface area contributed by atoms with Gasteiger partial charge in [0.05, 0.1) is 29.2 Å². The van der Waals surface area contributed by atoms with E-state index in [9.17, 15) is 4.79 Å². The monoisotopic (exact) mass is 392 g/mol. The van der Waals surface area contributed by atoms with Crippen molar-refractivity contribution in [1.82, 2.24) is 14.6 Å². The average Bonchev–Trinajstić information content (AvgIpc) is 2.68. The van der Waals surface area contributed by atoms with Gasteiger partial charge in [0.25, 0.3) is 5.56 Å². The quantitative estimate of drug-likeness (QED) is 0.385. The fourth-order valence-electron chi connectivity index (χ4n) is 2.98. The van der Waals surface area contributed by atoms with Crippen LogP contribution in [-0.2, 0) is 0 Å². The van der Waals surface area contributed by atoms with E-state index in [1.54, 1.807) is 25.1 Å². The Morgan fingerprint density at radius 2 is 1.96 bits per heavy atom. The number of benzene rings is 2. The van der Waals surface area contributed by atoms with Crippen molar-refractivity contribution >= 4 is 39.6 Å². The molecule has 0 unspecified atom stereocenters. The molecule has 28 heavy (non-hydrogen) atoms. The number of rotatable bonds is 4. The number of hydrogen-bond acceptors (Lipinski definition) is 5.